The fraction of sp³-hybridized carbons (Fsp3) is 0.500. The molecule has 8 heteroatoms. The van der Waals surface area contributed by atoms with E-state index in [1.54, 1.807) is 6.07 Å². The van der Waals surface area contributed by atoms with Crippen molar-refractivity contribution in [1.82, 2.24) is 9.47 Å². The Morgan fingerprint density at radius 1 is 1.14 bits per heavy atom. The Balaban J connectivity index is 1.67. The molecule has 7 nitrogen and oxygen atoms in total. The van der Waals surface area contributed by atoms with Gasteiger partial charge in [-0.3, -0.25) is 4.79 Å². The molecule has 2 unspecified atom stereocenters. The van der Waals surface area contributed by atoms with E-state index < -0.39 is 17.4 Å². The van der Waals surface area contributed by atoms with Gasteiger partial charge < -0.3 is 24.2 Å². The van der Waals surface area contributed by atoms with Crippen LogP contribution < -0.4 is 15.1 Å². The number of hydrogen-bond donors (Lipinski definition) is 1. The Labute approximate surface area is 160 Å². The maximum absolute atomic E-state index is 15.1. The van der Waals surface area contributed by atoms with E-state index in [0.717, 1.165) is 38.8 Å². The third-order valence-electron chi connectivity index (χ3n) is 6.15. The van der Waals surface area contributed by atoms with Crippen LogP contribution in [0, 0.1) is 5.82 Å². The summed E-state index contributed by atoms with van der Waals surface area (Å²) in [5.74, 6) is -0.723. The number of ether oxygens (including phenoxy) is 1. The fourth-order valence-corrected chi connectivity index (χ4v) is 4.86. The predicted molar refractivity (Wildman–Crippen MR) is 102 cm³/mol. The van der Waals surface area contributed by atoms with Gasteiger partial charge in [-0.05, 0) is 44.9 Å². The Hall–Kier alpha value is -2.61. The molecule has 3 fully saturated rings. The van der Waals surface area contributed by atoms with E-state index in [1.807, 2.05) is 4.57 Å². The number of likely N-dealkylation sites (tertiary alicyclic amines) is 1. The zero-order valence-electron chi connectivity index (χ0n) is 15.6. The molecule has 3 heterocycles. The standard InChI is InChI=1S/C20H22FN3O4/c1-22-8-12-4-5-13(9-22)24(12)17-7-16-14(6-15(17)21)19(25)18(28-20(26)27)10-23(16)11-2-3-11/h6-7,10-13H,2-5,8-9H2,1H3,(H,26,27). The van der Waals surface area contributed by atoms with Crippen LogP contribution in [0.4, 0.5) is 14.9 Å². The monoisotopic (exact) mass is 387 g/mol. The molecule has 2 aliphatic heterocycles. The van der Waals surface area contributed by atoms with Crippen LogP contribution in [-0.4, -0.2) is 52.9 Å². The highest BCUT2D eigenvalue weighted by atomic mass is 19.1. The van der Waals surface area contributed by atoms with Crippen LogP contribution in [0.2, 0.25) is 0 Å². The molecule has 1 N–H and O–H groups in total. The van der Waals surface area contributed by atoms with Crippen LogP contribution in [-0.2, 0) is 0 Å². The number of nitrogens with zero attached hydrogens (tertiary/aromatic N) is 3. The highest BCUT2D eigenvalue weighted by molar-refractivity contribution is 5.85. The molecule has 0 amide bonds. The number of fused-ring (bicyclic) bond motifs is 3. The van der Waals surface area contributed by atoms with Crippen molar-refractivity contribution in [3.63, 3.8) is 0 Å². The molecule has 148 valence electrons. The number of aromatic nitrogens is 1. The first-order valence-corrected chi connectivity index (χ1v) is 9.68. The third kappa shape index (κ3) is 2.74. The minimum Gasteiger partial charge on any atom is -0.449 e. The minimum absolute atomic E-state index is 0.161. The van der Waals surface area contributed by atoms with E-state index in [2.05, 4.69) is 21.6 Å². The summed E-state index contributed by atoms with van der Waals surface area (Å²) >= 11 is 0. The van der Waals surface area contributed by atoms with Gasteiger partial charge in [-0.15, -0.1) is 0 Å². The fourth-order valence-electron chi connectivity index (χ4n) is 4.86. The van der Waals surface area contributed by atoms with Crippen molar-refractivity contribution in [2.45, 2.75) is 43.8 Å². The van der Waals surface area contributed by atoms with Crippen molar-refractivity contribution in [3.8, 4) is 5.75 Å². The Morgan fingerprint density at radius 3 is 2.39 bits per heavy atom. The molecular formula is C20H22FN3O4. The van der Waals surface area contributed by atoms with Gasteiger partial charge in [0, 0.05) is 31.2 Å². The summed E-state index contributed by atoms with van der Waals surface area (Å²) in [7, 11) is 2.09. The molecule has 0 spiro atoms. The highest BCUT2D eigenvalue weighted by Crippen LogP contribution is 2.41. The second-order valence-electron chi connectivity index (χ2n) is 8.16. The molecule has 2 aromatic rings. The van der Waals surface area contributed by atoms with Crippen molar-refractivity contribution >= 4 is 22.7 Å². The maximum atomic E-state index is 15.1. The SMILES string of the molecule is CN1CC2CCC(C1)N2c1cc2c(cc1F)c(=O)c(OC(=O)O)cn2C1CC1. The molecule has 5 rings (SSSR count). The summed E-state index contributed by atoms with van der Waals surface area (Å²) in [5.41, 5.74) is 0.579. The number of halogens is 1. The second kappa shape index (κ2) is 6.20. The second-order valence-corrected chi connectivity index (χ2v) is 8.16. The number of rotatable bonds is 3. The molecule has 1 aromatic heterocycles. The van der Waals surface area contributed by atoms with E-state index >= 15 is 4.39 Å². The van der Waals surface area contributed by atoms with E-state index in [4.69, 9.17) is 5.11 Å². The van der Waals surface area contributed by atoms with Gasteiger partial charge in [-0.25, -0.2) is 9.18 Å². The predicted octanol–water partition coefficient (Wildman–Crippen LogP) is 2.82. The summed E-state index contributed by atoms with van der Waals surface area (Å²) in [4.78, 5) is 28.1. The lowest BCUT2D eigenvalue weighted by molar-refractivity contribution is 0.143. The van der Waals surface area contributed by atoms with Gasteiger partial charge in [0.1, 0.15) is 5.82 Å². The van der Waals surface area contributed by atoms with E-state index in [9.17, 15) is 9.59 Å². The van der Waals surface area contributed by atoms with Crippen molar-refractivity contribution in [2.75, 3.05) is 25.0 Å². The lowest BCUT2D eigenvalue weighted by atomic mass is 10.1. The molecular weight excluding hydrogens is 365 g/mol. The first-order valence-electron chi connectivity index (χ1n) is 9.68. The van der Waals surface area contributed by atoms with E-state index in [-0.39, 0.29) is 29.3 Å². The van der Waals surface area contributed by atoms with Crippen LogP contribution in [0.25, 0.3) is 10.9 Å². The molecule has 3 aliphatic rings. The molecule has 28 heavy (non-hydrogen) atoms. The maximum Gasteiger partial charge on any atom is 0.511 e. The number of anilines is 1. The van der Waals surface area contributed by atoms with Gasteiger partial charge in [0.25, 0.3) is 0 Å². The van der Waals surface area contributed by atoms with Gasteiger partial charge in [-0.1, -0.05) is 0 Å². The van der Waals surface area contributed by atoms with Crippen molar-refractivity contribution in [2.24, 2.45) is 0 Å². The molecule has 2 bridgehead atoms. The highest BCUT2D eigenvalue weighted by Gasteiger charge is 2.40. The van der Waals surface area contributed by atoms with Gasteiger partial charge in [0.15, 0.2) is 5.75 Å². The number of carbonyl (C=O) groups is 1. The topological polar surface area (TPSA) is 75.0 Å². The number of pyridine rings is 1. The molecule has 1 saturated carbocycles. The summed E-state index contributed by atoms with van der Waals surface area (Å²) in [5, 5.41) is 9.07. The number of piperazine rings is 1. The van der Waals surface area contributed by atoms with E-state index in [0.29, 0.717) is 11.2 Å². The molecule has 2 atom stereocenters. The zero-order valence-corrected chi connectivity index (χ0v) is 15.6. The van der Waals surface area contributed by atoms with Crippen molar-refractivity contribution in [1.29, 1.82) is 0 Å². The first-order chi connectivity index (χ1) is 13.4. The van der Waals surface area contributed by atoms with Crippen molar-refractivity contribution in [3.05, 3.63) is 34.4 Å². The molecule has 0 radical (unpaired) electrons. The Bertz CT molecular complexity index is 1020. The normalized spacial score (nSPS) is 24.7. The average molecular weight is 387 g/mol. The molecule has 1 aliphatic carbocycles. The smallest absolute Gasteiger partial charge is 0.449 e. The number of benzene rings is 1. The molecule has 2 saturated heterocycles. The average Bonchev–Trinajstić information content (AvgIpc) is 3.43. The molecule has 1 aromatic carbocycles. The Morgan fingerprint density at radius 2 is 1.79 bits per heavy atom. The third-order valence-corrected chi connectivity index (χ3v) is 6.15. The number of carboxylic acid groups (broad SMARTS) is 1. The largest absolute Gasteiger partial charge is 0.511 e. The first kappa shape index (κ1) is 17.5. The Kier molecular flexibility index (Phi) is 3.87. The van der Waals surface area contributed by atoms with Crippen LogP contribution in [0.1, 0.15) is 31.7 Å². The summed E-state index contributed by atoms with van der Waals surface area (Å²) in [6.45, 7) is 1.80. The van der Waals surface area contributed by atoms with Gasteiger partial charge in [-0.2, -0.15) is 0 Å². The van der Waals surface area contributed by atoms with Gasteiger partial charge in [0.05, 0.1) is 22.8 Å². The number of likely N-dealkylation sites (N-methyl/N-ethyl adjacent to an activating group) is 1. The van der Waals surface area contributed by atoms with Crippen LogP contribution in [0.15, 0.2) is 23.1 Å². The zero-order chi connectivity index (χ0) is 19.6. The van der Waals surface area contributed by atoms with Crippen LogP contribution >= 0.6 is 0 Å². The lowest BCUT2D eigenvalue weighted by Gasteiger charge is -2.41. The summed E-state index contributed by atoms with van der Waals surface area (Å²) < 4.78 is 21.7. The summed E-state index contributed by atoms with van der Waals surface area (Å²) in [6, 6.07) is 3.74. The van der Waals surface area contributed by atoms with E-state index in [1.165, 1.54) is 12.3 Å². The quantitative estimate of drug-likeness (QED) is 0.817. The van der Waals surface area contributed by atoms with Gasteiger partial charge in [0.2, 0.25) is 5.43 Å². The van der Waals surface area contributed by atoms with Gasteiger partial charge >= 0.3 is 6.16 Å². The number of hydrogen-bond acceptors (Lipinski definition) is 5. The van der Waals surface area contributed by atoms with Crippen LogP contribution in [0.5, 0.6) is 5.75 Å². The minimum atomic E-state index is -1.55. The summed E-state index contributed by atoms with van der Waals surface area (Å²) in [6.07, 6.45) is 3.86. The lowest BCUT2D eigenvalue weighted by Crippen LogP contribution is -2.52. The van der Waals surface area contributed by atoms with Crippen LogP contribution in [0.3, 0.4) is 0 Å². The van der Waals surface area contributed by atoms with Crippen molar-refractivity contribution < 1.29 is 19.0 Å².